The Morgan fingerprint density at radius 3 is 2.74 bits per heavy atom. The molecule has 7 heteroatoms. The van der Waals surface area contributed by atoms with Gasteiger partial charge in [0.15, 0.2) is 0 Å². The summed E-state index contributed by atoms with van der Waals surface area (Å²) in [6.45, 7) is 3.84. The van der Waals surface area contributed by atoms with Gasteiger partial charge in [-0.15, -0.1) is 0 Å². The van der Waals surface area contributed by atoms with E-state index in [9.17, 15) is 8.42 Å². The van der Waals surface area contributed by atoms with E-state index < -0.39 is 10.0 Å². The Kier molecular flexibility index (Phi) is 6.20. The van der Waals surface area contributed by atoms with Crippen molar-refractivity contribution < 1.29 is 8.42 Å². The van der Waals surface area contributed by atoms with Gasteiger partial charge in [0.2, 0.25) is 10.0 Å². The molecule has 0 unspecified atom stereocenters. The third-order valence-electron chi connectivity index (χ3n) is 2.52. The molecule has 1 aromatic rings. The zero-order valence-electron chi connectivity index (χ0n) is 11.7. The van der Waals surface area contributed by atoms with E-state index in [2.05, 4.69) is 15.0 Å². The Balaban J connectivity index is 2.71. The molecule has 0 saturated carbocycles. The molecule has 108 valence electrons. The molecule has 1 aromatic heterocycles. The summed E-state index contributed by atoms with van der Waals surface area (Å²) in [5.41, 5.74) is 0.581. The number of nitrogens with one attached hydrogen (secondary N) is 2. The quantitative estimate of drug-likeness (QED) is 0.690. The maximum atomic E-state index is 12.2. The number of pyridine rings is 1. The molecule has 0 atom stereocenters. The second-order valence-corrected chi connectivity index (χ2v) is 6.19. The van der Waals surface area contributed by atoms with E-state index in [1.54, 1.807) is 12.3 Å². The van der Waals surface area contributed by atoms with Gasteiger partial charge in [-0.05, 0) is 40.1 Å². The van der Waals surface area contributed by atoms with Gasteiger partial charge in [0.25, 0.3) is 0 Å². The van der Waals surface area contributed by atoms with Crippen LogP contribution in [0.15, 0.2) is 23.4 Å². The predicted molar refractivity (Wildman–Crippen MR) is 76.8 cm³/mol. The number of hydrogen-bond acceptors (Lipinski definition) is 5. The molecule has 1 rings (SSSR count). The van der Waals surface area contributed by atoms with E-state index in [1.807, 2.05) is 25.9 Å². The van der Waals surface area contributed by atoms with Crippen LogP contribution in [0.25, 0.3) is 0 Å². The van der Waals surface area contributed by atoms with Gasteiger partial charge in [-0.25, -0.2) is 13.1 Å². The highest BCUT2D eigenvalue weighted by atomic mass is 32.2. The minimum Gasteiger partial charge on any atom is -0.384 e. The topological polar surface area (TPSA) is 74.3 Å². The molecule has 0 saturated heterocycles. The molecule has 0 amide bonds. The third kappa shape index (κ3) is 5.14. The lowest BCUT2D eigenvalue weighted by Gasteiger charge is -2.13. The summed E-state index contributed by atoms with van der Waals surface area (Å²) in [5, 5.41) is 3.02. The highest BCUT2D eigenvalue weighted by Gasteiger charge is 2.17. The van der Waals surface area contributed by atoms with Crippen LogP contribution in [0, 0.1) is 0 Å². The molecule has 0 bridgehead atoms. The van der Waals surface area contributed by atoms with Crippen molar-refractivity contribution in [2.45, 2.75) is 18.2 Å². The number of anilines is 1. The molecule has 0 aliphatic heterocycles. The summed E-state index contributed by atoms with van der Waals surface area (Å²) in [7, 11) is 0.410. The molecular weight excluding hydrogens is 264 g/mol. The lowest BCUT2D eigenvalue weighted by atomic mass is 10.4. The lowest BCUT2D eigenvalue weighted by Crippen LogP contribution is -2.28. The number of rotatable bonds is 8. The Labute approximate surface area is 115 Å². The van der Waals surface area contributed by atoms with Crippen LogP contribution >= 0.6 is 0 Å². The van der Waals surface area contributed by atoms with Crippen molar-refractivity contribution >= 4 is 15.7 Å². The highest BCUT2D eigenvalue weighted by Crippen LogP contribution is 2.18. The molecule has 0 aromatic carbocycles. The first-order valence-corrected chi connectivity index (χ1v) is 7.78. The summed E-state index contributed by atoms with van der Waals surface area (Å²) in [4.78, 5) is 6.10. The first kappa shape index (κ1) is 15.9. The Morgan fingerprint density at radius 2 is 2.11 bits per heavy atom. The highest BCUT2D eigenvalue weighted by molar-refractivity contribution is 7.89. The summed E-state index contributed by atoms with van der Waals surface area (Å²) >= 11 is 0. The SMILES string of the molecule is CCNc1ccncc1S(=O)(=O)NCCCN(C)C. The minimum absolute atomic E-state index is 0.196. The zero-order valence-corrected chi connectivity index (χ0v) is 12.5. The van der Waals surface area contributed by atoms with Crippen LogP contribution in [-0.2, 0) is 10.0 Å². The molecule has 19 heavy (non-hydrogen) atoms. The van der Waals surface area contributed by atoms with Crippen molar-refractivity contribution in [2.75, 3.05) is 39.0 Å². The van der Waals surface area contributed by atoms with Crippen LogP contribution in [0.3, 0.4) is 0 Å². The second-order valence-electron chi connectivity index (χ2n) is 4.46. The van der Waals surface area contributed by atoms with Crippen LogP contribution in [0.1, 0.15) is 13.3 Å². The second kappa shape index (κ2) is 7.42. The van der Waals surface area contributed by atoms with Gasteiger partial charge in [0.1, 0.15) is 4.90 Å². The number of hydrogen-bond donors (Lipinski definition) is 2. The molecule has 0 fully saturated rings. The molecule has 6 nitrogen and oxygen atoms in total. The largest absolute Gasteiger partial charge is 0.384 e. The fourth-order valence-corrected chi connectivity index (χ4v) is 2.81. The van der Waals surface area contributed by atoms with Crippen LogP contribution in [0.4, 0.5) is 5.69 Å². The number of nitrogens with zero attached hydrogens (tertiary/aromatic N) is 2. The smallest absolute Gasteiger partial charge is 0.244 e. The van der Waals surface area contributed by atoms with Gasteiger partial charge in [-0.3, -0.25) is 4.98 Å². The molecule has 0 aliphatic rings. The van der Waals surface area contributed by atoms with Gasteiger partial charge in [-0.1, -0.05) is 0 Å². The van der Waals surface area contributed by atoms with Gasteiger partial charge < -0.3 is 10.2 Å². The van der Waals surface area contributed by atoms with Crippen molar-refractivity contribution in [1.29, 1.82) is 0 Å². The maximum Gasteiger partial charge on any atom is 0.244 e. The van der Waals surface area contributed by atoms with Crippen molar-refractivity contribution in [3.8, 4) is 0 Å². The van der Waals surface area contributed by atoms with E-state index in [0.29, 0.717) is 18.8 Å². The summed E-state index contributed by atoms with van der Waals surface area (Å²) in [6.07, 6.45) is 3.71. The van der Waals surface area contributed by atoms with Crippen molar-refractivity contribution in [3.63, 3.8) is 0 Å². The fourth-order valence-electron chi connectivity index (χ4n) is 1.61. The van der Waals surface area contributed by atoms with Crippen LogP contribution in [0.2, 0.25) is 0 Å². The maximum absolute atomic E-state index is 12.2. The predicted octanol–water partition coefficient (Wildman–Crippen LogP) is 0.743. The van der Waals surface area contributed by atoms with E-state index in [4.69, 9.17) is 0 Å². The molecule has 0 spiro atoms. The van der Waals surface area contributed by atoms with Crippen LogP contribution in [-0.4, -0.2) is 52.0 Å². The number of aromatic nitrogens is 1. The number of sulfonamides is 1. The fraction of sp³-hybridized carbons (Fsp3) is 0.583. The van der Waals surface area contributed by atoms with E-state index in [0.717, 1.165) is 13.0 Å². The average molecular weight is 286 g/mol. The van der Waals surface area contributed by atoms with Gasteiger partial charge in [0.05, 0.1) is 5.69 Å². The van der Waals surface area contributed by atoms with E-state index >= 15 is 0 Å². The molecule has 0 radical (unpaired) electrons. The van der Waals surface area contributed by atoms with Crippen molar-refractivity contribution in [3.05, 3.63) is 18.5 Å². The Bertz CT molecular complexity index is 488. The standard InChI is InChI=1S/C12H22N4O2S/c1-4-14-11-6-8-13-10-12(11)19(17,18)15-7-5-9-16(2)3/h6,8,10,15H,4-5,7,9H2,1-3H3,(H,13,14). The average Bonchev–Trinajstić information content (AvgIpc) is 2.35. The zero-order chi connectivity index (χ0) is 14.3. The monoisotopic (exact) mass is 286 g/mol. The summed E-state index contributed by atoms with van der Waals surface area (Å²) < 4.78 is 26.9. The van der Waals surface area contributed by atoms with Gasteiger partial charge in [0, 0.05) is 25.5 Å². The van der Waals surface area contributed by atoms with Crippen molar-refractivity contribution in [1.82, 2.24) is 14.6 Å². The van der Waals surface area contributed by atoms with Crippen molar-refractivity contribution in [2.24, 2.45) is 0 Å². The Hall–Kier alpha value is -1.18. The molecular formula is C12H22N4O2S. The van der Waals surface area contributed by atoms with E-state index in [-0.39, 0.29) is 4.90 Å². The Morgan fingerprint density at radius 1 is 1.37 bits per heavy atom. The first-order valence-electron chi connectivity index (χ1n) is 6.29. The normalized spacial score (nSPS) is 11.8. The van der Waals surface area contributed by atoms with Gasteiger partial charge in [-0.2, -0.15) is 0 Å². The molecule has 1 heterocycles. The third-order valence-corrected chi connectivity index (χ3v) is 4.00. The molecule has 0 aliphatic carbocycles. The lowest BCUT2D eigenvalue weighted by molar-refractivity contribution is 0.400. The van der Waals surface area contributed by atoms with Gasteiger partial charge >= 0.3 is 0 Å². The first-order chi connectivity index (χ1) is 8.97. The van der Waals surface area contributed by atoms with E-state index in [1.165, 1.54) is 6.20 Å². The van der Waals surface area contributed by atoms with Crippen LogP contribution in [0.5, 0.6) is 0 Å². The minimum atomic E-state index is -3.50. The molecule has 2 N–H and O–H groups in total. The van der Waals surface area contributed by atoms with Crippen LogP contribution < -0.4 is 10.0 Å². The summed E-state index contributed by atoms with van der Waals surface area (Å²) in [5.74, 6) is 0. The summed E-state index contributed by atoms with van der Waals surface area (Å²) in [6, 6.07) is 1.66.